The molecule has 62 heavy (non-hydrogen) atoms. The van der Waals surface area contributed by atoms with E-state index in [0.717, 1.165) is 41.7 Å². The van der Waals surface area contributed by atoms with Gasteiger partial charge < -0.3 is 55.7 Å². The third kappa shape index (κ3) is 16.6. The third-order valence-electron chi connectivity index (χ3n) is 8.21. The number of hydrogen-bond donors (Lipinski definition) is 10. The van der Waals surface area contributed by atoms with E-state index < -0.39 is 47.1 Å². The van der Waals surface area contributed by atoms with Crippen molar-refractivity contribution >= 4 is 81.8 Å². The number of benzene rings is 3. The standard InChI is InChI=1S/C38H48F6N12O4S2/c39-37(40,41)23-17-25(53-29(57)8-1-3-12-51-35(47)48)31(61-14-10-45)27(19-23)55-33(59)21-6-5-7-22(16-21)34(60)56-28-20-24(38(42,43)44)18-26(32(28)62-15-11-46)54-30(58)9-2-4-13-52-36(49)50/h5-7,16-20H,1-4,8-15,45-46H2,(H,53,57)(H,54,58)(H,55,59)(H,56,60)(H4,47,48,51)(H4,49,50,52). The van der Waals surface area contributed by atoms with Gasteiger partial charge in [0.25, 0.3) is 11.8 Å². The average Bonchev–Trinajstić information content (AvgIpc) is 3.18. The first-order valence-electron chi connectivity index (χ1n) is 18.8. The maximum atomic E-state index is 14.1. The van der Waals surface area contributed by atoms with Crippen LogP contribution in [0.4, 0.5) is 49.1 Å². The van der Waals surface area contributed by atoms with Crippen LogP contribution in [0.1, 0.15) is 70.4 Å². The Morgan fingerprint density at radius 3 is 1.23 bits per heavy atom. The number of carbonyl (C=O) groups is 4. The normalized spacial score (nSPS) is 11.4. The molecule has 0 aromatic heterocycles. The molecule has 0 heterocycles. The van der Waals surface area contributed by atoms with Crippen LogP contribution in [0.3, 0.4) is 0 Å². The highest BCUT2D eigenvalue weighted by Crippen LogP contribution is 2.43. The summed E-state index contributed by atoms with van der Waals surface area (Å²) >= 11 is 1.95. The number of alkyl halides is 6. The molecular formula is C38H48F6N12O4S2. The van der Waals surface area contributed by atoms with Crippen LogP contribution in [0.15, 0.2) is 68.3 Å². The van der Waals surface area contributed by atoms with E-state index in [-0.39, 0.29) is 106 Å². The summed E-state index contributed by atoms with van der Waals surface area (Å²) in [6.07, 6.45) is -8.53. The molecule has 3 rings (SSSR count). The van der Waals surface area contributed by atoms with Gasteiger partial charge in [-0.2, -0.15) is 26.3 Å². The molecule has 0 unspecified atom stereocenters. The monoisotopic (exact) mass is 914 g/mol. The summed E-state index contributed by atoms with van der Waals surface area (Å²) in [7, 11) is 0. The van der Waals surface area contributed by atoms with Crippen LogP contribution in [0, 0.1) is 0 Å². The van der Waals surface area contributed by atoms with Crippen LogP contribution >= 0.6 is 23.5 Å². The predicted molar refractivity (Wildman–Crippen MR) is 231 cm³/mol. The zero-order valence-electron chi connectivity index (χ0n) is 33.2. The van der Waals surface area contributed by atoms with Gasteiger partial charge in [0, 0.05) is 61.7 Å². The molecule has 0 saturated heterocycles. The van der Waals surface area contributed by atoms with E-state index in [1.54, 1.807) is 0 Å². The van der Waals surface area contributed by atoms with Gasteiger partial charge in [0.1, 0.15) is 0 Å². The fraction of sp³-hybridized carbons (Fsp3) is 0.368. The molecule has 3 aromatic rings. The lowest BCUT2D eigenvalue weighted by Crippen LogP contribution is -2.23. The van der Waals surface area contributed by atoms with Gasteiger partial charge in [0.15, 0.2) is 11.9 Å². The summed E-state index contributed by atoms with van der Waals surface area (Å²) in [4.78, 5) is 60.8. The van der Waals surface area contributed by atoms with Gasteiger partial charge in [-0.3, -0.25) is 29.2 Å². The average molecular weight is 915 g/mol. The quantitative estimate of drug-likeness (QED) is 0.0207. The summed E-state index contributed by atoms with van der Waals surface area (Å²) in [6.45, 7) is 0.647. The van der Waals surface area contributed by atoms with E-state index in [4.69, 9.17) is 34.4 Å². The Morgan fingerprint density at radius 1 is 0.548 bits per heavy atom. The van der Waals surface area contributed by atoms with Gasteiger partial charge in [-0.05, 0) is 68.1 Å². The molecular weight excluding hydrogens is 867 g/mol. The van der Waals surface area contributed by atoms with E-state index in [1.807, 2.05) is 0 Å². The van der Waals surface area contributed by atoms with E-state index >= 15 is 0 Å². The zero-order valence-corrected chi connectivity index (χ0v) is 34.8. The highest BCUT2D eigenvalue weighted by atomic mass is 32.2. The Morgan fingerprint density at radius 2 is 0.903 bits per heavy atom. The number of nitrogens with two attached hydrogens (primary N) is 6. The zero-order chi connectivity index (χ0) is 46.0. The number of nitrogens with zero attached hydrogens (tertiary/aromatic N) is 2. The largest absolute Gasteiger partial charge is 0.416 e. The fourth-order valence-electron chi connectivity index (χ4n) is 5.42. The van der Waals surface area contributed by atoms with Crippen LogP contribution in [-0.2, 0) is 21.9 Å². The Labute approximate surface area is 361 Å². The first kappa shape index (κ1) is 50.6. The first-order chi connectivity index (χ1) is 29.2. The number of anilines is 4. The minimum absolute atomic E-state index is 0.0699. The smallest absolute Gasteiger partial charge is 0.370 e. The molecule has 338 valence electrons. The summed E-state index contributed by atoms with van der Waals surface area (Å²) in [5.74, 6) is -3.06. The minimum Gasteiger partial charge on any atom is -0.370 e. The summed E-state index contributed by atoms with van der Waals surface area (Å²) < 4.78 is 84.9. The Hall–Kier alpha value is -5.72. The van der Waals surface area contributed by atoms with Gasteiger partial charge in [-0.1, -0.05) is 6.07 Å². The maximum absolute atomic E-state index is 14.1. The van der Waals surface area contributed by atoms with Gasteiger partial charge >= 0.3 is 12.4 Å². The maximum Gasteiger partial charge on any atom is 0.416 e. The lowest BCUT2D eigenvalue weighted by molar-refractivity contribution is -0.138. The van der Waals surface area contributed by atoms with Gasteiger partial charge in [0.2, 0.25) is 11.8 Å². The summed E-state index contributed by atoms with van der Waals surface area (Å²) in [6, 6.07) is 7.74. The number of halogens is 6. The van der Waals surface area contributed by atoms with Gasteiger partial charge in [-0.25, -0.2) is 0 Å². The number of amides is 4. The van der Waals surface area contributed by atoms with Crippen molar-refractivity contribution in [2.75, 3.05) is 59.0 Å². The van der Waals surface area contributed by atoms with E-state index in [9.17, 15) is 45.5 Å². The Balaban J connectivity index is 1.95. The molecule has 24 heteroatoms. The van der Waals surface area contributed by atoms with Crippen molar-refractivity contribution in [3.63, 3.8) is 0 Å². The van der Waals surface area contributed by atoms with Crippen LogP contribution in [-0.4, -0.2) is 73.2 Å². The number of aliphatic imine (C=N–C) groups is 2. The lowest BCUT2D eigenvalue weighted by atomic mass is 10.1. The van der Waals surface area contributed by atoms with Crippen molar-refractivity contribution in [1.82, 2.24) is 0 Å². The Kier molecular flexibility index (Phi) is 19.6. The molecule has 0 bridgehead atoms. The van der Waals surface area contributed by atoms with Crippen LogP contribution in [0.25, 0.3) is 0 Å². The molecule has 0 aliphatic carbocycles. The van der Waals surface area contributed by atoms with Crippen molar-refractivity contribution < 1.29 is 45.5 Å². The first-order valence-corrected chi connectivity index (χ1v) is 20.8. The molecule has 0 fully saturated rings. The van der Waals surface area contributed by atoms with E-state index in [2.05, 4.69) is 31.3 Å². The minimum atomic E-state index is -4.91. The van der Waals surface area contributed by atoms with Crippen LogP contribution < -0.4 is 55.7 Å². The highest BCUT2D eigenvalue weighted by Gasteiger charge is 2.34. The number of carbonyl (C=O) groups excluding carboxylic acids is 4. The number of unbranched alkanes of at least 4 members (excludes halogenated alkanes) is 2. The summed E-state index contributed by atoms with van der Waals surface area (Å²) in [5.41, 5.74) is 28.6. The molecule has 4 amide bonds. The lowest BCUT2D eigenvalue weighted by Gasteiger charge is -2.20. The van der Waals surface area contributed by atoms with Gasteiger partial charge in [0.05, 0.1) is 43.7 Å². The van der Waals surface area contributed by atoms with Crippen molar-refractivity contribution in [2.24, 2.45) is 44.4 Å². The van der Waals surface area contributed by atoms with Crippen LogP contribution in [0.2, 0.25) is 0 Å². The second-order valence-corrected chi connectivity index (χ2v) is 15.4. The third-order valence-corrected chi connectivity index (χ3v) is 10.5. The predicted octanol–water partition coefficient (Wildman–Crippen LogP) is 5.09. The van der Waals surface area contributed by atoms with Gasteiger partial charge in [-0.15, -0.1) is 23.5 Å². The molecule has 16 N–H and O–H groups in total. The number of nitrogens with one attached hydrogen (secondary N) is 4. The molecule has 16 nitrogen and oxygen atoms in total. The molecule has 0 aliphatic rings. The van der Waals surface area contributed by atoms with E-state index in [1.165, 1.54) is 18.2 Å². The molecule has 0 radical (unpaired) electrons. The van der Waals surface area contributed by atoms with Crippen molar-refractivity contribution in [3.8, 4) is 0 Å². The highest BCUT2D eigenvalue weighted by molar-refractivity contribution is 7.99. The summed E-state index contributed by atoms with van der Waals surface area (Å²) in [5, 5.41) is 9.85. The second-order valence-electron chi connectivity index (χ2n) is 13.2. The SMILES string of the molecule is NCCSc1c(NC(=O)CCCCN=C(N)N)cc(C(F)(F)F)cc1NC(=O)c1cccc(C(=O)Nc2cc(C(F)(F)F)cc(NC(=O)CCCCN=C(N)N)c2SCCN)c1. The molecule has 3 aromatic carbocycles. The number of rotatable bonds is 22. The second kappa shape index (κ2) is 24.1. The molecule has 0 spiro atoms. The van der Waals surface area contributed by atoms with Crippen molar-refractivity contribution in [1.29, 1.82) is 0 Å². The number of guanidine groups is 2. The van der Waals surface area contributed by atoms with Crippen molar-refractivity contribution in [2.45, 2.75) is 60.7 Å². The Bertz CT molecular complexity index is 1970. The fourth-order valence-corrected chi connectivity index (χ4v) is 7.12. The van der Waals surface area contributed by atoms with Crippen molar-refractivity contribution in [3.05, 3.63) is 70.8 Å². The molecule has 0 saturated carbocycles. The molecule has 0 aliphatic heterocycles. The topological polar surface area (TPSA) is 297 Å². The molecule has 0 atom stereocenters. The van der Waals surface area contributed by atoms with Crippen LogP contribution in [0.5, 0.6) is 0 Å². The van der Waals surface area contributed by atoms with E-state index in [0.29, 0.717) is 37.8 Å². The number of hydrogen-bond acceptors (Lipinski definition) is 10. The number of thioether (sulfide) groups is 2.